The highest BCUT2D eigenvalue weighted by Crippen LogP contribution is 2.28. The van der Waals surface area contributed by atoms with Gasteiger partial charge in [0.15, 0.2) is 5.78 Å². The van der Waals surface area contributed by atoms with Crippen molar-refractivity contribution >= 4 is 29.1 Å². The van der Waals surface area contributed by atoms with Crippen LogP contribution in [0.1, 0.15) is 10.4 Å². The van der Waals surface area contributed by atoms with Gasteiger partial charge < -0.3 is 9.47 Å². The van der Waals surface area contributed by atoms with Gasteiger partial charge in [-0.25, -0.2) is 4.98 Å². The minimum atomic E-state index is -0.0544. The van der Waals surface area contributed by atoms with Crippen molar-refractivity contribution in [3.63, 3.8) is 0 Å². The predicted molar refractivity (Wildman–Crippen MR) is 83.8 cm³/mol. The molecule has 0 saturated heterocycles. The third-order valence-electron chi connectivity index (χ3n) is 2.77. The van der Waals surface area contributed by atoms with Crippen LogP contribution in [0.2, 0.25) is 5.02 Å². The molecule has 0 atom stereocenters. The van der Waals surface area contributed by atoms with E-state index in [1.165, 1.54) is 18.9 Å². The van der Waals surface area contributed by atoms with Gasteiger partial charge in [0, 0.05) is 12.3 Å². The van der Waals surface area contributed by atoms with Gasteiger partial charge in [-0.15, -0.1) is 0 Å². The van der Waals surface area contributed by atoms with E-state index >= 15 is 0 Å². The number of benzene rings is 1. The maximum atomic E-state index is 12.3. The SMILES string of the molecule is COc1ccc(C(=O)CSc2ncccc2Cl)c(OC)c1. The van der Waals surface area contributed by atoms with Gasteiger partial charge in [-0.1, -0.05) is 23.4 Å². The van der Waals surface area contributed by atoms with Gasteiger partial charge in [-0.2, -0.15) is 0 Å². The van der Waals surface area contributed by atoms with Crippen molar-refractivity contribution in [3.8, 4) is 11.5 Å². The monoisotopic (exact) mass is 323 g/mol. The van der Waals surface area contributed by atoms with Crippen LogP contribution in [0.5, 0.6) is 11.5 Å². The zero-order chi connectivity index (χ0) is 15.2. The molecule has 0 aliphatic carbocycles. The zero-order valence-electron chi connectivity index (χ0n) is 11.6. The van der Waals surface area contributed by atoms with Crippen LogP contribution in [0.4, 0.5) is 0 Å². The molecule has 1 aromatic carbocycles. The summed E-state index contributed by atoms with van der Waals surface area (Å²) in [6.07, 6.45) is 1.65. The highest BCUT2D eigenvalue weighted by Gasteiger charge is 2.14. The van der Waals surface area contributed by atoms with Crippen LogP contribution >= 0.6 is 23.4 Å². The van der Waals surface area contributed by atoms with Crippen molar-refractivity contribution in [1.82, 2.24) is 4.98 Å². The number of ketones is 1. The fourth-order valence-corrected chi connectivity index (χ4v) is 2.77. The number of pyridine rings is 1. The Kier molecular flexibility index (Phi) is 5.47. The standard InChI is InChI=1S/C15H14ClNO3S/c1-19-10-5-6-11(14(8-10)20-2)13(18)9-21-15-12(16)4-3-7-17-15/h3-8H,9H2,1-2H3. The van der Waals surface area contributed by atoms with Crippen molar-refractivity contribution in [2.24, 2.45) is 0 Å². The molecular weight excluding hydrogens is 310 g/mol. The summed E-state index contributed by atoms with van der Waals surface area (Å²) < 4.78 is 10.3. The Bertz CT molecular complexity index is 649. The second kappa shape index (κ2) is 7.33. The lowest BCUT2D eigenvalue weighted by molar-refractivity contribution is 0.101. The Balaban J connectivity index is 2.12. The van der Waals surface area contributed by atoms with Crippen LogP contribution in [0.15, 0.2) is 41.6 Å². The van der Waals surface area contributed by atoms with E-state index in [4.69, 9.17) is 21.1 Å². The summed E-state index contributed by atoms with van der Waals surface area (Å²) in [5, 5.41) is 1.18. The van der Waals surface area contributed by atoms with Gasteiger partial charge in [-0.3, -0.25) is 4.79 Å². The van der Waals surface area contributed by atoms with E-state index < -0.39 is 0 Å². The molecule has 0 saturated carbocycles. The summed E-state index contributed by atoms with van der Waals surface area (Å²) in [4.78, 5) is 16.4. The molecule has 0 spiro atoms. The van der Waals surface area contributed by atoms with Gasteiger partial charge in [0.1, 0.15) is 16.5 Å². The smallest absolute Gasteiger partial charge is 0.176 e. The molecule has 0 fully saturated rings. The first-order valence-electron chi connectivity index (χ1n) is 6.14. The van der Waals surface area contributed by atoms with Gasteiger partial charge in [-0.05, 0) is 24.3 Å². The predicted octanol–water partition coefficient (Wildman–Crippen LogP) is 3.73. The summed E-state index contributed by atoms with van der Waals surface area (Å²) in [5.41, 5.74) is 0.512. The van der Waals surface area contributed by atoms with Crippen molar-refractivity contribution in [3.05, 3.63) is 47.1 Å². The van der Waals surface area contributed by atoms with E-state index in [0.29, 0.717) is 27.1 Å². The van der Waals surface area contributed by atoms with Crippen molar-refractivity contribution < 1.29 is 14.3 Å². The molecule has 0 unspecified atom stereocenters. The number of methoxy groups -OCH3 is 2. The Hall–Kier alpha value is -1.72. The maximum Gasteiger partial charge on any atom is 0.176 e. The molecule has 0 amide bonds. The molecule has 6 heteroatoms. The Labute approximate surface area is 132 Å². The fourth-order valence-electron chi connectivity index (χ4n) is 1.72. The van der Waals surface area contributed by atoms with E-state index in [-0.39, 0.29) is 11.5 Å². The van der Waals surface area contributed by atoms with Gasteiger partial charge in [0.05, 0.1) is 30.6 Å². The number of carbonyl (C=O) groups excluding carboxylic acids is 1. The first-order valence-corrected chi connectivity index (χ1v) is 7.50. The lowest BCUT2D eigenvalue weighted by Gasteiger charge is -2.09. The van der Waals surface area contributed by atoms with Crippen molar-refractivity contribution in [2.75, 3.05) is 20.0 Å². The minimum absolute atomic E-state index is 0.0544. The number of rotatable bonds is 6. The van der Waals surface area contributed by atoms with Crippen molar-refractivity contribution in [1.29, 1.82) is 0 Å². The molecule has 0 bridgehead atoms. The number of thioether (sulfide) groups is 1. The molecular formula is C15H14ClNO3S. The van der Waals surface area contributed by atoms with E-state index in [9.17, 15) is 4.79 Å². The topological polar surface area (TPSA) is 48.4 Å². The van der Waals surface area contributed by atoms with E-state index in [0.717, 1.165) is 0 Å². The number of ether oxygens (including phenoxy) is 2. The average Bonchev–Trinajstić information content (AvgIpc) is 2.53. The lowest BCUT2D eigenvalue weighted by Crippen LogP contribution is -2.05. The quantitative estimate of drug-likeness (QED) is 0.599. The molecule has 1 heterocycles. The van der Waals surface area contributed by atoms with E-state index in [1.54, 1.807) is 43.6 Å². The number of carbonyl (C=O) groups is 1. The van der Waals surface area contributed by atoms with Crippen LogP contribution in [0, 0.1) is 0 Å². The first-order chi connectivity index (χ1) is 10.2. The van der Waals surface area contributed by atoms with Gasteiger partial charge >= 0.3 is 0 Å². The molecule has 1 aromatic heterocycles. The summed E-state index contributed by atoms with van der Waals surface area (Å²) in [6, 6.07) is 8.61. The Morgan fingerprint density at radius 2 is 2.10 bits per heavy atom. The maximum absolute atomic E-state index is 12.3. The van der Waals surface area contributed by atoms with Crippen LogP contribution < -0.4 is 9.47 Å². The zero-order valence-corrected chi connectivity index (χ0v) is 13.2. The molecule has 4 nitrogen and oxygen atoms in total. The number of nitrogens with zero attached hydrogens (tertiary/aromatic N) is 1. The molecule has 0 N–H and O–H groups in total. The summed E-state index contributed by atoms with van der Waals surface area (Å²) in [7, 11) is 3.09. The molecule has 0 aliphatic rings. The number of aromatic nitrogens is 1. The summed E-state index contributed by atoms with van der Waals surface area (Å²) >= 11 is 7.32. The number of hydrogen-bond donors (Lipinski definition) is 0. The normalized spacial score (nSPS) is 10.2. The van der Waals surface area contributed by atoms with Crippen LogP contribution in [-0.4, -0.2) is 30.7 Å². The van der Waals surface area contributed by atoms with Crippen LogP contribution in [-0.2, 0) is 0 Å². The van der Waals surface area contributed by atoms with Crippen molar-refractivity contribution in [2.45, 2.75) is 5.03 Å². The Morgan fingerprint density at radius 1 is 1.29 bits per heavy atom. The highest BCUT2D eigenvalue weighted by molar-refractivity contribution is 8.00. The molecule has 0 aliphatic heterocycles. The Morgan fingerprint density at radius 3 is 2.76 bits per heavy atom. The number of halogens is 1. The number of Topliss-reactive ketones (excluding diaryl/α,β-unsaturated/α-hetero) is 1. The third kappa shape index (κ3) is 3.89. The summed E-state index contributed by atoms with van der Waals surface area (Å²) in [6.45, 7) is 0. The van der Waals surface area contributed by atoms with Gasteiger partial charge in [0.25, 0.3) is 0 Å². The molecule has 0 radical (unpaired) electrons. The first kappa shape index (κ1) is 15.7. The third-order valence-corrected chi connectivity index (χ3v) is 4.20. The lowest BCUT2D eigenvalue weighted by atomic mass is 10.1. The van der Waals surface area contributed by atoms with Gasteiger partial charge in [0.2, 0.25) is 0 Å². The largest absolute Gasteiger partial charge is 0.497 e. The molecule has 21 heavy (non-hydrogen) atoms. The highest BCUT2D eigenvalue weighted by atomic mass is 35.5. The second-order valence-corrected chi connectivity index (χ2v) is 5.44. The van der Waals surface area contributed by atoms with E-state index in [1.807, 2.05) is 0 Å². The van der Waals surface area contributed by atoms with Crippen LogP contribution in [0.3, 0.4) is 0 Å². The molecule has 2 aromatic rings. The second-order valence-electron chi connectivity index (χ2n) is 4.07. The van der Waals surface area contributed by atoms with Crippen LogP contribution in [0.25, 0.3) is 0 Å². The average molecular weight is 324 g/mol. The minimum Gasteiger partial charge on any atom is -0.497 e. The number of hydrogen-bond acceptors (Lipinski definition) is 5. The van der Waals surface area contributed by atoms with E-state index in [2.05, 4.69) is 4.98 Å². The molecule has 2 rings (SSSR count). The summed E-state index contributed by atoms with van der Waals surface area (Å²) in [5.74, 6) is 1.32. The fraction of sp³-hybridized carbons (Fsp3) is 0.200. The molecule has 110 valence electrons.